The summed E-state index contributed by atoms with van der Waals surface area (Å²) in [6, 6.07) is 11.3. The normalized spacial score (nSPS) is 31.0. The molecule has 4 aliphatic rings. The Kier molecular flexibility index (Phi) is 10.2. The molecule has 0 unspecified atom stereocenters. The van der Waals surface area contributed by atoms with Crippen molar-refractivity contribution in [3.63, 3.8) is 0 Å². The van der Waals surface area contributed by atoms with Crippen LogP contribution in [0.4, 0.5) is 5.69 Å². The van der Waals surface area contributed by atoms with Crippen LogP contribution in [0.25, 0.3) is 0 Å². The summed E-state index contributed by atoms with van der Waals surface area (Å²) in [5.74, 6) is 0.168. The van der Waals surface area contributed by atoms with Crippen LogP contribution in [0.3, 0.4) is 0 Å². The lowest BCUT2D eigenvalue weighted by molar-refractivity contribution is -0.0116. The first-order valence-corrected chi connectivity index (χ1v) is 20.7. The lowest BCUT2D eigenvalue weighted by Crippen LogP contribution is -2.50. The standard InChI is InChI=1S/C35H46ClN3O7S2/c1-23-6-4-8-32(45-17-16-37-47(3,41)42)29-12-9-27(29)20-39-21-35(15-5-7-25-18-28(36)11-13-30(25)35)22-46-33-14-10-26(19-31(33)39)34(40)38-48(43,44)24(23)2/h4,8,10-11,13-14,18-19,23-24,27,29,32,37H,5-7,9,12,15-17,20-22H2,1-3H3,(H,38,40)/b8-4+/t23-,24+,27-,29+,32-,35-/m0/s1. The predicted molar refractivity (Wildman–Crippen MR) is 188 cm³/mol. The maximum absolute atomic E-state index is 13.5. The number of ether oxygens (including phenoxy) is 2. The van der Waals surface area contributed by atoms with Gasteiger partial charge >= 0.3 is 0 Å². The van der Waals surface area contributed by atoms with E-state index in [9.17, 15) is 21.6 Å². The highest BCUT2D eigenvalue weighted by Crippen LogP contribution is 2.47. The van der Waals surface area contributed by atoms with Gasteiger partial charge in [0.1, 0.15) is 5.75 Å². The lowest BCUT2D eigenvalue weighted by atomic mass is 9.68. The fraction of sp³-hybridized carbons (Fsp3) is 0.571. The highest BCUT2D eigenvalue weighted by molar-refractivity contribution is 7.90. The molecule has 2 aliphatic heterocycles. The van der Waals surface area contributed by atoms with Crippen molar-refractivity contribution < 1.29 is 31.1 Å². The number of halogens is 1. The van der Waals surface area contributed by atoms with Crippen molar-refractivity contribution >= 4 is 43.2 Å². The number of rotatable bonds is 5. The minimum absolute atomic E-state index is 0.164. The molecule has 1 fully saturated rings. The van der Waals surface area contributed by atoms with Crippen LogP contribution in [-0.4, -0.2) is 73.2 Å². The Hall–Kier alpha value is -2.64. The van der Waals surface area contributed by atoms with Crippen LogP contribution in [0, 0.1) is 17.8 Å². The van der Waals surface area contributed by atoms with Gasteiger partial charge in [0.25, 0.3) is 5.91 Å². The van der Waals surface area contributed by atoms with E-state index >= 15 is 0 Å². The number of amides is 1. The summed E-state index contributed by atoms with van der Waals surface area (Å²) < 4.78 is 67.8. The number of nitrogens with zero attached hydrogens (tertiary/aromatic N) is 1. The van der Waals surface area contributed by atoms with Gasteiger partial charge in [0.05, 0.1) is 36.5 Å². The largest absolute Gasteiger partial charge is 0.490 e. The van der Waals surface area contributed by atoms with Crippen molar-refractivity contribution in [3.8, 4) is 5.75 Å². The molecule has 2 heterocycles. The average molecular weight is 720 g/mol. The molecule has 2 bridgehead atoms. The number of hydrogen-bond acceptors (Lipinski definition) is 8. The molecule has 1 saturated carbocycles. The van der Waals surface area contributed by atoms with Crippen molar-refractivity contribution in [1.82, 2.24) is 9.44 Å². The van der Waals surface area contributed by atoms with Gasteiger partial charge in [-0.3, -0.25) is 4.79 Å². The number of aryl methyl sites for hydroxylation is 1. The fourth-order valence-electron chi connectivity index (χ4n) is 7.74. The van der Waals surface area contributed by atoms with Crippen molar-refractivity contribution in [2.24, 2.45) is 17.8 Å². The van der Waals surface area contributed by atoms with E-state index < -0.39 is 31.2 Å². The van der Waals surface area contributed by atoms with Crippen molar-refractivity contribution in [2.75, 3.05) is 44.0 Å². The molecule has 13 heteroatoms. The summed E-state index contributed by atoms with van der Waals surface area (Å²) >= 11 is 6.42. The van der Waals surface area contributed by atoms with Crippen LogP contribution < -0.4 is 19.1 Å². The molecule has 2 aromatic rings. The molecule has 0 saturated heterocycles. The summed E-state index contributed by atoms with van der Waals surface area (Å²) in [6.45, 7) is 5.67. The van der Waals surface area contributed by atoms with Gasteiger partial charge in [-0.2, -0.15) is 0 Å². The number of anilines is 1. The third-order valence-corrected chi connectivity index (χ3v) is 13.7. The molecule has 2 aliphatic carbocycles. The molecule has 6 rings (SSSR count). The van der Waals surface area contributed by atoms with Crippen molar-refractivity contribution in [3.05, 3.63) is 70.3 Å². The van der Waals surface area contributed by atoms with E-state index in [2.05, 4.69) is 26.5 Å². The summed E-state index contributed by atoms with van der Waals surface area (Å²) in [7, 11) is -7.32. The van der Waals surface area contributed by atoms with Gasteiger partial charge in [0.2, 0.25) is 20.0 Å². The van der Waals surface area contributed by atoms with Crippen LogP contribution >= 0.6 is 11.6 Å². The first-order chi connectivity index (χ1) is 22.7. The minimum atomic E-state index is -3.98. The molecule has 0 aromatic heterocycles. The first-order valence-electron chi connectivity index (χ1n) is 16.8. The second kappa shape index (κ2) is 13.9. The monoisotopic (exact) mass is 719 g/mol. The summed E-state index contributed by atoms with van der Waals surface area (Å²) in [4.78, 5) is 15.8. The number of carbonyl (C=O) groups is 1. The smallest absolute Gasteiger partial charge is 0.264 e. The molecule has 262 valence electrons. The first kappa shape index (κ1) is 35.2. The number of sulfonamides is 2. The van der Waals surface area contributed by atoms with Gasteiger partial charge in [-0.15, -0.1) is 0 Å². The zero-order valence-corrected chi connectivity index (χ0v) is 30.2. The Morgan fingerprint density at radius 1 is 1.17 bits per heavy atom. The van der Waals surface area contributed by atoms with Crippen LogP contribution in [0.5, 0.6) is 5.75 Å². The molecule has 6 atom stereocenters. The second-order valence-electron chi connectivity index (χ2n) is 14.1. The lowest BCUT2D eigenvalue weighted by Gasteiger charge is -2.46. The van der Waals surface area contributed by atoms with Gasteiger partial charge in [0.15, 0.2) is 0 Å². The van der Waals surface area contributed by atoms with E-state index in [1.165, 1.54) is 11.1 Å². The van der Waals surface area contributed by atoms with E-state index in [1.807, 2.05) is 25.1 Å². The van der Waals surface area contributed by atoms with Crippen LogP contribution in [0.2, 0.25) is 5.02 Å². The highest BCUT2D eigenvalue weighted by atomic mass is 35.5. The number of nitrogens with one attached hydrogen (secondary N) is 2. The number of carbonyl (C=O) groups excluding carboxylic acids is 1. The van der Waals surface area contributed by atoms with Crippen LogP contribution in [0.1, 0.15) is 67.4 Å². The van der Waals surface area contributed by atoms with Crippen molar-refractivity contribution in [1.29, 1.82) is 0 Å². The molecule has 48 heavy (non-hydrogen) atoms. The maximum Gasteiger partial charge on any atom is 0.264 e. The van der Waals surface area contributed by atoms with E-state index in [-0.39, 0.29) is 48.0 Å². The van der Waals surface area contributed by atoms with E-state index in [1.54, 1.807) is 25.1 Å². The third kappa shape index (κ3) is 7.57. The van der Waals surface area contributed by atoms with Crippen molar-refractivity contribution in [2.45, 2.75) is 69.1 Å². The minimum Gasteiger partial charge on any atom is -0.490 e. The molecule has 2 N–H and O–H groups in total. The predicted octanol–water partition coefficient (Wildman–Crippen LogP) is 4.82. The number of fused-ring (bicyclic) bond motifs is 4. The zero-order chi connectivity index (χ0) is 34.3. The number of benzene rings is 2. The van der Waals surface area contributed by atoms with Gasteiger partial charge in [-0.25, -0.2) is 26.3 Å². The van der Waals surface area contributed by atoms with Crippen LogP contribution in [0.15, 0.2) is 48.6 Å². The Labute approximate surface area is 289 Å². The van der Waals surface area contributed by atoms with Gasteiger partial charge in [0, 0.05) is 35.6 Å². The molecule has 2 aromatic carbocycles. The quantitative estimate of drug-likeness (QED) is 0.333. The average Bonchev–Trinajstić information content (AvgIpc) is 3.16. The summed E-state index contributed by atoms with van der Waals surface area (Å²) in [5, 5.41) is -0.111. The Morgan fingerprint density at radius 2 is 1.98 bits per heavy atom. The molecule has 1 spiro atoms. The van der Waals surface area contributed by atoms with E-state index in [0.29, 0.717) is 36.9 Å². The maximum atomic E-state index is 13.5. The Balaban J connectivity index is 1.38. The molecular weight excluding hydrogens is 674 g/mol. The number of hydrogen-bond donors (Lipinski definition) is 2. The van der Waals surface area contributed by atoms with Gasteiger partial charge in [-0.05, 0) is 105 Å². The summed E-state index contributed by atoms with van der Waals surface area (Å²) in [6.07, 6.45) is 10.1. The SMILES string of the molecule is C[C@@H]1[C@@H](C)C/C=C/[C@H](OCCNS(C)(=O)=O)[C@@H]2CC[C@H]2CN2C[C@@]3(CCCc4cc(Cl)ccc43)COc3ccc(cc32)C(=O)NS1(=O)=O. The molecular formula is C35H46ClN3O7S2. The summed E-state index contributed by atoms with van der Waals surface area (Å²) in [5.41, 5.74) is 3.19. The second-order valence-corrected chi connectivity index (χ2v) is 18.4. The van der Waals surface area contributed by atoms with E-state index in [4.69, 9.17) is 21.1 Å². The Bertz CT molecular complexity index is 1780. The topological polar surface area (TPSA) is 131 Å². The number of allylic oxidation sites excluding steroid dienone is 1. The highest BCUT2D eigenvalue weighted by Gasteiger charge is 2.44. The van der Waals surface area contributed by atoms with E-state index in [0.717, 1.165) is 44.0 Å². The fourth-order valence-corrected chi connectivity index (χ4v) is 9.68. The zero-order valence-electron chi connectivity index (χ0n) is 27.8. The van der Waals surface area contributed by atoms with Crippen LogP contribution in [-0.2, 0) is 36.6 Å². The Morgan fingerprint density at radius 3 is 2.73 bits per heavy atom. The molecule has 0 radical (unpaired) electrons. The van der Waals surface area contributed by atoms with Gasteiger partial charge < -0.3 is 14.4 Å². The molecule has 1 amide bonds. The third-order valence-electron chi connectivity index (χ3n) is 10.8. The van der Waals surface area contributed by atoms with Gasteiger partial charge in [-0.1, -0.05) is 36.7 Å². The molecule has 10 nitrogen and oxygen atoms in total.